The van der Waals surface area contributed by atoms with Gasteiger partial charge in [0.25, 0.3) is 5.91 Å². The zero-order valence-corrected chi connectivity index (χ0v) is 15.8. The van der Waals surface area contributed by atoms with Gasteiger partial charge in [0.15, 0.2) is 0 Å². The SMILES string of the molecule is Cc1c(NC(=O)C=CCBr)cccc1-c1ccc(C(N)=O)c2[nH]ccc12. The molecule has 4 N–H and O–H groups in total. The number of alkyl halides is 1. The van der Waals surface area contributed by atoms with Crippen molar-refractivity contribution in [1.82, 2.24) is 4.98 Å². The van der Waals surface area contributed by atoms with Crippen molar-refractivity contribution >= 4 is 44.3 Å². The molecule has 132 valence electrons. The third-order valence-electron chi connectivity index (χ3n) is 4.23. The van der Waals surface area contributed by atoms with Gasteiger partial charge in [0.1, 0.15) is 0 Å². The van der Waals surface area contributed by atoms with Crippen LogP contribution in [0.15, 0.2) is 54.7 Å². The molecular formula is C20H18BrN3O2. The van der Waals surface area contributed by atoms with Crippen molar-refractivity contribution in [2.24, 2.45) is 5.73 Å². The molecule has 3 aromatic rings. The molecule has 0 aliphatic rings. The number of allylic oxidation sites excluding steroid dienone is 1. The number of primary amides is 1. The third-order valence-corrected chi connectivity index (χ3v) is 4.60. The molecule has 2 aromatic carbocycles. The van der Waals surface area contributed by atoms with Crippen LogP contribution < -0.4 is 11.1 Å². The number of hydrogen-bond acceptors (Lipinski definition) is 2. The number of halogens is 1. The van der Waals surface area contributed by atoms with Crippen LogP contribution in [0.4, 0.5) is 5.69 Å². The number of amides is 2. The van der Waals surface area contributed by atoms with Crippen molar-refractivity contribution in [1.29, 1.82) is 0 Å². The minimum atomic E-state index is -0.472. The maximum Gasteiger partial charge on any atom is 0.250 e. The number of rotatable bonds is 5. The molecule has 0 bridgehead atoms. The molecule has 0 spiro atoms. The summed E-state index contributed by atoms with van der Waals surface area (Å²) in [5.41, 5.74) is 10.3. The van der Waals surface area contributed by atoms with Gasteiger partial charge in [-0.25, -0.2) is 0 Å². The summed E-state index contributed by atoms with van der Waals surface area (Å²) in [6.07, 6.45) is 5.01. The Balaban J connectivity index is 2.07. The van der Waals surface area contributed by atoms with Crippen molar-refractivity contribution in [2.75, 3.05) is 10.6 Å². The first-order chi connectivity index (χ1) is 12.5. The Bertz CT molecular complexity index is 1020. The molecule has 0 unspecified atom stereocenters. The number of fused-ring (bicyclic) bond motifs is 1. The number of nitrogens with two attached hydrogens (primary N) is 1. The van der Waals surface area contributed by atoms with E-state index >= 15 is 0 Å². The molecule has 3 rings (SSSR count). The van der Waals surface area contributed by atoms with Crippen LogP contribution >= 0.6 is 15.9 Å². The number of benzene rings is 2. The van der Waals surface area contributed by atoms with E-state index in [4.69, 9.17) is 5.73 Å². The van der Waals surface area contributed by atoms with E-state index in [0.29, 0.717) is 16.4 Å². The fourth-order valence-corrected chi connectivity index (χ4v) is 3.17. The van der Waals surface area contributed by atoms with Gasteiger partial charge in [-0.1, -0.05) is 40.2 Å². The number of aromatic nitrogens is 1. The van der Waals surface area contributed by atoms with E-state index in [0.717, 1.165) is 27.8 Å². The summed E-state index contributed by atoms with van der Waals surface area (Å²) in [6, 6.07) is 11.3. The van der Waals surface area contributed by atoms with Crippen LogP contribution in [-0.2, 0) is 4.79 Å². The van der Waals surface area contributed by atoms with E-state index in [2.05, 4.69) is 26.2 Å². The maximum absolute atomic E-state index is 12.0. The van der Waals surface area contributed by atoms with Crippen LogP contribution in [0.1, 0.15) is 15.9 Å². The molecule has 1 aromatic heterocycles. The van der Waals surface area contributed by atoms with Crippen molar-refractivity contribution in [2.45, 2.75) is 6.92 Å². The van der Waals surface area contributed by atoms with Gasteiger partial charge in [0, 0.05) is 28.7 Å². The summed E-state index contributed by atoms with van der Waals surface area (Å²) >= 11 is 3.25. The van der Waals surface area contributed by atoms with Crippen LogP contribution in [0, 0.1) is 6.92 Å². The first kappa shape index (κ1) is 17.9. The van der Waals surface area contributed by atoms with Crippen LogP contribution in [-0.4, -0.2) is 22.1 Å². The normalized spacial score (nSPS) is 11.2. The highest BCUT2D eigenvalue weighted by molar-refractivity contribution is 9.09. The quantitative estimate of drug-likeness (QED) is 0.435. The van der Waals surface area contributed by atoms with Crippen molar-refractivity contribution in [3.8, 4) is 11.1 Å². The monoisotopic (exact) mass is 411 g/mol. The molecule has 0 fully saturated rings. The predicted octanol–water partition coefficient (Wildman–Crippen LogP) is 4.13. The summed E-state index contributed by atoms with van der Waals surface area (Å²) in [5, 5.41) is 4.43. The van der Waals surface area contributed by atoms with Gasteiger partial charge in [-0.15, -0.1) is 0 Å². The smallest absolute Gasteiger partial charge is 0.250 e. The maximum atomic E-state index is 12.0. The first-order valence-electron chi connectivity index (χ1n) is 8.06. The van der Waals surface area contributed by atoms with Gasteiger partial charge >= 0.3 is 0 Å². The van der Waals surface area contributed by atoms with Gasteiger partial charge < -0.3 is 16.0 Å². The van der Waals surface area contributed by atoms with Crippen LogP contribution in [0.5, 0.6) is 0 Å². The lowest BCUT2D eigenvalue weighted by Gasteiger charge is -2.13. The van der Waals surface area contributed by atoms with Gasteiger partial charge in [-0.2, -0.15) is 0 Å². The van der Waals surface area contributed by atoms with E-state index in [1.165, 1.54) is 6.08 Å². The number of carbonyl (C=O) groups is 2. The lowest BCUT2D eigenvalue weighted by Crippen LogP contribution is -2.11. The molecule has 6 heteroatoms. The number of carbonyl (C=O) groups excluding carboxylic acids is 2. The molecule has 0 saturated heterocycles. The van der Waals surface area contributed by atoms with Gasteiger partial charge in [0.05, 0.1) is 11.1 Å². The highest BCUT2D eigenvalue weighted by Gasteiger charge is 2.14. The minimum Gasteiger partial charge on any atom is -0.366 e. The second-order valence-corrected chi connectivity index (χ2v) is 6.46. The number of anilines is 1. The van der Waals surface area contributed by atoms with Crippen molar-refractivity contribution < 1.29 is 9.59 Å². The average Bonchev–Trinajstić information content (AvgIpc) is 3.10. The number of H-pyrrole nitrogens is 1. The zero-order chi connectivity index (χ0) is 18.7. The van der Waals surface area contributed by atoms with Crippen LogP contribution in [0.3, 0.4) is 0 Å². The van der Waals surface area contributed by atoms with E-state index in [1.807, 2.05) is 37.3 Å². The topological polar surface area (TPSA) is 88.0 Å². The molecule has 26 heavy (non-hydrogen) atoms. The molecule has 0 radical (unpaired) electrons. The van der Waals surface area contributed by atoms with E-state index in [1.54, 1.807) is 18.3 Å². The Morgan fingerprint density at radius 1 is 1.19 bits per heavy atom. The Hall–Kier alpha value is -2.86. The summed E-state index contributed by atoms with van der Waals surface area (Å²) in [7, 11) is 0. The minimum absolute atomic E-state index is 0.180. The molecule has 2 amide bonds. The number of nitrogens with one attached hydrogen (secondary N) is 2. The Morgan fingerprint density at radius 3 is 2.73 bits per heavy atom. The Morgan fingerprint density at radius 2 is 2.00 bits per heavy atom. The first-order valence-corrected chi connectivity index (χ1v) is 9.18. The van der Waals surface area contributed by atoms with Crippen molar-refractivity contribution in [3.05, 3.63) is 65.9 Å². The lowest BCUT2D eigenvalue weighted by molar-refractivity contribution is -0.111. The predicted molar refractivity (Wildman–Crippen MR) is 109 cm³/mol. The van der Waals surface area contributed by atoms with Gasteiger partial charge in [-0.3, -0.25) is 9.59 Å². The molecule has 0 saturated carbocycles. The summed E-state index contributed by atoms with van der Waals surface area (Å²) < 4.78 is 0. The Labute approximate surface area is 159 Å². The largest absolute Gasteiger partial charge is 0.366 e. The fraction of sp³-hybridized carbons (Fsp3) is 0.100. The van der Waals surface area contributed by atoms with Crippen LogP contribution in [0.2, 0.25) is 0 Å². The van der Waals surface area contributed by atoms with E-state index in [9.17, 15) is 9.59 Å². The zero-order valence-electron chi connectivity index (χ0n) is 14.2. The molecule has 0 aliphatic carbocycles. The summed E-state index contributed by atoms with van der Waals surface area (Å²) in [5.74, 6) is -0.652. The van der Waals surface area contributed by atoms with E-state index < -0.39 is 5.91 Å². The third kappa shape index (κ3) is 3.41. The highest BCUT2D eigenvalue weighted by atomic mass is 79.9. The fourth-order valence-electron chi connectivity index (χ4n) is 2.99. The molecule has 0 atom stereocenters. The average molecular weight is 412 g/mol. The van der Waals surface area contributed by atoms with Crippen LogP contribution in [0.25, 0.3) is 22.0 Å². The second kappa shape index (κ2) is 7.58. The van der Waals surface area contributed by atoms with E-state index in [-0.39, 0.29) is 5.91 Å². The number of hydrogen-bond donors (Lipinski definition) is 3. The molecular weight excluding hydrogens is 394 g/mol. The van der Waals surface area contributed by atoms with Crippen molar-refractivity contribution in [3.63, 3.8) is 0 Å². The van der Waals surface area contributed by atoms with Gasteiger partial charge in [-0.05, 0) is 41.8 Å². The lowest BCUT2D eigenvalue weighted by atomic mass is 9.94. The second-order valence-electron chi connectivity index (χ2n) is 5.82. The molecule has 5 nitrogen and oxygen atoms in total. The summed E-state index contributed by atoms with van der Waals surface area (Å²) in [4.78, 5) is 26.7. The highest BCUT2D eigenvalue weighted by Crippen LogP contribution is 2.34. The Kier molecular flexibility index (Phi) is 5.23. The summed E-state index contributed by atoms with van der Waals surface area (Å²) in [6.45, 7) is 1.96. The standard InChI is InChI=1S/C20H18BrN3O2/c1-12-13(4-2-5-17(12)24-18(25)6-3-10-21)14-7-8-16(20(22)26)19-15(14)9-11-23-19/h2-9,11,23H,10H2,1H3,(H2,22,26)(H,24,25). The molecule has 0 aliphatic heterocycles. The molecule has 1 heterocycles. The van der Waals surface area contributed by atoms with Gasteiger partial charge in [0.2, 0.25) is 5.91 Å². The number of aromatic amines is 1.